The van der Waals surface area contributed by atoms with E-state index >= 15 is 0 Å². The van der Waals surface area contributed by atoms with Crippen molar-refractivity contribution in [2.75, 3.05) is 0 Å². The first-order valence-corrected chi connectivity index (χ1v) is 3.11. The van der Waals surface area contributed by atoms with Crippen LogP contribution in [-0.4, -0.2) is 10.9 Å². The van der Waals surface area contributed by atoms with E-state index in [0.717, 1.165) is 12.8 Å². The Kier molecular flexibility index (Phi) is 1.56. The third kappa shape index (κ3) is 1.88. The molecule has 0 unspecified atom stereocenters. The minimum Gasteiger partial charge on any atom is -0.512 e. The summed E-state index contributed by atoms with van der Waals surface area (Å²) in [5, 5.41) is 9.00. The van der Waals surface area contributed by atoms with Crippen LogP contribution >= 0.6 is 0 Å². The molecule has 0 radical (unpaired) electrons. The number of carbonyl (C=O) groups is 1. The molecule has 9 heavy (non-hydrogen) atoms. The van der Waals surface area contributed by atoms with E-state index in [0.29, 0.717) is 5.92 Å². The first-order valence-electron chi connectivity index (χ1n) is 3.11. The number of allylic oxidation sites excluding steroid dienone is 2. The zero-order valence-corrected chi connectivity index (χ0v) is 5.42. The summed E-state index contributed by atoms with van der Waals surface area (Å²) < 4.78 is 0. The van der Waals surface area contributed by atoms with E-state index < -0.39 is 0 Å². The summed E-state index contributed by atoms with van der Waals surface area (Å²) in [6.07, 6.45) is 3.38. The molecular formula is C7H10O2. The van der Waals surface area contributed by atoms with Crippen LogP contribution in [0.1, 0.15) is 19.8 Å². The van der Waals surface area contributed by atoms with E-state index in [1.54, 1.807) is 0 Å². The third-order valence-corrected chi connectivity index (χ3v) is 1.35. The maximum Gasteiger partial charge on any atom is 0.155 e. The number of hydrogen-bond acceptors (Lipinski definition) is 2. The molecule has 0 aromatic carbocycles. The number of hydrogen-bond donors (Lipinski definition) is 1. The van der Waals surface area contributed by atoms with Crippen LogP contribution in [0, 0.1) is 5.92 Å². The van der Waals surface area contributed by atoms with Gasteiger partial charge in [0.1, 0.15) is 0 Å². The Morgan fingerprint density at radius 3 is 2.56 bits per heavy atom. The molecule has 0 bridgehead atoms. The van der Waals surface area contributed by atoms with Crippen LogP contribution in [0.2, 0.25) is 0 Å². The van der Waals surface area contributed by atoms with Crippen molar-refractivity contribution in [2.24, 2.45) is 5.92 Å². The molecule has 0 amide bonds. The summed E-state index contributed by atoms with van der Waals surface area (Å²) in [6.45, 7) is 1.44. The molecule has 2 heteroatoms. The van der Waals surface area contributed by atoms with Gasteiger partial charge in [-0.25, -0.2) is 0 Å². The first-order chi connectivity index (χ1) is 4.20. The lowest BCUT2D eigenvalue weighted by molar-refractivity contribution is -0.112. The molecular weight excluding hydrogens is 116 g/mol. The van der Waals surface area contributed by atoms with Crippen molar-refractivity contribution in [2.45, 2.75) is 19.8 Å². The Labute approximate surface area is 54.2 Å². The molecule has 0 heterocycles. The van der Waals surface area contributed by atoms with Crippen molar-refractivity contribution in [3.05, 3.63) is 11.8 Å². The molecule has 0 aromatic rings. The van der Waals surface area contributed by atoms with Gasteiger partial charge >= 0.3 is 0 Å². The quantitative estimate of drug-likeness (QED) is 0.449. The summed E-state index contributed by atoms with van der Waals surface area (Å²) in [4.78, 5) is 10.4. The molecule has 1 fully saturated rings. The Morgan fingerprint density at radius 1 is 1.67 bits per heavy atom. The SMILES string of the molecule is CC(=O)/C=C(/O)C1CC1. The third-order valence-electron chi connectivity index (χ3n) is 1.35. The Morgan fingerprint density at radius 2 is 2.22 bits per heavy atom. The van der Waals surface area contributed by atoms with E-state index in [4.69, 9.17) is 5.11 Å². The Bertz CT molecular complexity index is 154. The predicted molar refractivity (Wildman–Crippen MR) is 34.1 cm³/mol. The van der Waals surface area contributed by atoms with Gasteiger partial charge in [-0.15, -0.1) is 0 Å². The summed E-state index contributed by atoms with van der Waals surface area (Å²) in [5.74, 6) is 0.496. The van der Waals surface area contributed by atoms with Gasteiger partial charge in [0, 0.05) is 12.0 Å². The van der Waals surface area contributed by atoms with Gasteiger partial charge in [0.15, 0.2) is 5.78 Å². The van der Waals surface area contributed by atoms with Gasteiger partial charge in [-0.05, 0) is 19.8 Å². The molecule has 1 N–H and O–H groups in total. The standard InChI is InChI=1S/C7H10O2/c1-5(8)4-7(9)6-2-3-6/h4,6,9H,2-3H2,1H3/b7-4+. The summed E-state index contributed by atoms with van der Waals surface area (Å²) >= 11 is 0. The van der Waals surface area contributed by atoms with Gasteiger partial charge in [-0.3, -0.25) is 4.79 Å². The molecule has 1 aliphatic carbocycles. The fourth-order valence-corrected chi connectivity index (χ4v) is 0.705. The number of rotatable bonds is 2. The lowest BCUT2D eigenvalue weighted by Gasteiger charge is -1.90. The maximum atomic E-state index is 10.4. The lowest BCUT2D eigenvalue weighted by Crippen LogP contribution is -1.89. The number of carbonyl (C=O) groups excluding carboxylic acids is 1. The van der Waals surface area contributed by atoms with E-state index in [2.05, 4.69) is 0 Å². The second-order valence-electron chi connectivity index (χ2n) is 2.45. The number of ketones is 1. The molecule has 50 valence electrons. The second kappa shape index (κ2) is 2.21. The highest BCUT2D eigenvalue weighted by atomic mass is 16.3. The zero-order chi connectivity index (χ0) is 6.85. The molecule has 0 aromatic heterocycles. The average Bonchev–Trinajstić information content (AvgIpc) is 2.40. The van der Waals surface area contributed by atoms with Crippen LogP contribution in [0.15, 0.2) is 11.8 Å². The van der Waals surface area contributed by atoms with Crippen LogP contribution in [0.4, 0.5) is 0 Å². The van der Waals surface area contributed by atoms with Crippen molar-refractivity contribution in [3.63, 3.8) is 0 Å². The molecule has 2 nitrogen and oxygen atoms in total. The van der Waals surface area contributed by atoms with E-state index in [-0.39, 0.29) is 11.5 Å². The number of aliphatic hydroxyl groups is 1. The van der Waals surface area contributed by atoms with Crippen LogP contribution in [0.5, 0.6) is 0 Å². The predicted octanol–water partition coefficient (Wildman–Crippen LogP) is 1.43. The molecule has 1 saturated carbocycles. The minimum absolute atomic E-state index is 0.0700. The van der Waals surface area contributed by atoms with E-state index in [1.165, 1.54) is 13.0 Å². The molecule has 1 aliphatic rings. The van der Waals surface area contributed by atoms with Crippen LogP contribution in [-0.2, 0) is 4.79 Å². The van der Waals surface area contributed by atoms with Crippen molar-refractivity contribution in [1.82, 2.24) is 0 Å². The largest absolute Gasteiger partial charge is 0.512 e. The maximum absolute atomic E-state index is 10.4. The Hall–Kier alpha value is -0.790. The monoisotopic (exact) mass is 126 g/mol. The summed E-state index contributed by atoms with van der Waals surface area (Å²) in [5.41, 5.74) is 0. The molecule has 0 spiro atoms. The minimum atomic E-state index is -0.0700. The lowest BCUT2D eigenvalue weighted by atomic mass is 10.3. The van der Waals surface area contributed by atoms with Crippen LogP contribution in [0.25, 0.3) is 0 Å². The topological polar surface area (TPSA) is 37.3 Å². The highest BCUT2D eigenvalue weighted by Crippen LogP contribution is 2.34. The summed E-state index contributed by atoms with van der Waals surface area (Å²) in [6, 6.07) is 0. The normalized spacial score (nSPS) is 19.9. The first kappa shape index (κ1) is 6.33. The van der Waals surface area contributed by atoms with E-state index in [9.17, 15) is 4.79 Å². The van der Waals surface area contributed by atoms with Gasteiger partial charge < -0.3 is 5.11 Å². The smallest absolute Gasteiger partial charge is 0.155 e. The van der Waals surface area contributed by atoms with Crippen LogP contribution in [0.3, 0.4) is 0 Å². The van der Waals surface area contributed by atoms with Crippen LogP contribution < -0.4 is 0 Å². The van der Waals surface area contributed by atoms with E-state index in [1.807, 2.05) is 0 Å². The molecule has 0 aliphatic heterocycles. The van der Waals surface area contributed by atoms with Crippen molar-refractivity contribution >= 4 is 5.78 Å². The van der Waals surface area contributed by atoms with Crippen molar-refractivity contribution in [1.29, 1.82) is 0 Å². The van der Waals surface area contributed by atoms with Gasteiger partial charge in [0.05, 0.1) is 5.76 Å². The van der Waals surface area contributed by atoms with Crippen molar-refractivity contribution < 1.29 is 9.90 Å². The highest BCUT2D eigenvalue weighted by molar-refractivity contribution is 5.87. The fourth-order valence-electron chi connectivity index (χ4n) is 0.705. The van der Waals surface area contributed by atoms with Gasteiger partial charge in [0.2, 0.25) is 0 Å². The van der Waals surface area contributed by atoms with Crippen molar-refractivity contribution in [3.8, 4) is 0 Å². The number of aliphatic hydroxyl groups excluding tert-OH is 1. The molecule has 0 saturated heterocycles. The Balaban J connectivity index is 2.47. The second-order valence-corrected chi connectivity index (χ2v) is 2.45. The molecule has 1 rings (SSSR count). The van der Waals surface area contributed by atoms with Gasteiger partial charge in [-0.2, -0.15) is 0 Å². The highest BCUT2D eigenvalue weighted by Gasteiger charge is 2.25. The van der Waals surface area contributed by atoms with Gasteiger partial charge in [-0.1, -0.05) is 0 Å². The molecule has 0 atom stereocenters. The fraction of sp³-hybridized carbons (Fsp3) is 0.571. The zero-order valence-electron chi connectivity index (χ0n) is 5.42. The summed E-state index contributed by atoms with van der Waals surface area (Å²) in [7, 11) is 0. The average molecular weight is 126 g/mol. The van der Waals surface area contributed by atoms with Gasteiger partial charge in [0.25, 0.3) is 0 Å².